The lowest BCUT2D eigenvalue weighted by Gasteiger charge is -2.09. The number of halogens is 1. The summed E-state index contributed by atoms with van der Waals surface area (Å²) >= 11 is 0. The maximum absolute atomic E-state index is 13.2. The Bertz CT molecular complexity index is 1030. The lowest BCUT2D eigenvalue weighted by molar-refractivity contribution is 0.0954. The smallest absolute Gasteiger partial charge is 0.273 e. The molecule has 150 valence electrons. The molecule has 1 aromatic heterocycles. The molecule has 0 spiro atoms. The number of methoxy groups -OCH3 is 2. The van der Waals surface area contributed by atoms with Crippen molar-refractivity contribution in [3.8, 4) is 17.2 Å². The normalized spacial score (nSPS) is 10.9. The molecule has 0 aliphatic heterocycles. The van der Waals surface area contributed by atoms with Gasteiger partial charge in [-0.3, -0.25) is 4.79 Å². The molecule has 1 heterocycles. The summed E-state index contributed by atoms with van der Waals surface area (Å²) in [6.07, 6.45) is 1.52. The van der Waals surface area contributed by atoms with Crippen LogP contribution in [0.3, 0.4) is 0 Å². The van der Waals surface area contributed by atoms with Crippen LogP contribution in [0.15, 0.2) is 53.6 Å². The zero-order valence-corrected chi connectivity index (χ0v) is 16.7. The topological polar surface area (TPSA) is 64.8 Å². The first-order chi connectivity index (χ1) is 13.9. The molecule has 0 fully saturated rings. The fourth-order valence-electron chi connectivity index (χ4n) is 3.11. The monoisotopic (exact) mass is 395 g/mol. The molecule has 0 bridgehead atoms. The van der Waals surface area contributed by atoms with Gasteiger partial charge in [0.25, 0.3) is 5.91 Å². The van der Waals surface area contributed by atoms with E-state index in [1.165, 1.54) is 18.3 Å². The summed E-state index contributed by atoms with van der Waals surface area (Å²) < 4.78 is 25.5. The highest BCUT2D eigenvalue weighted by atomic mass is 19.1. The molecule has 0 aliphatic carbocycles. The van der Waals surface area contributed by atoms with Crippen LogP contribution in [0.1, 0.15) is 27.3 Å². The summed E-state index contributed by atoms with van der Waals surface area (Å²) in [5.41, 5.74) is 6.14. The molecule has 0 atom stereocenters. The van der Waals surface area contributed by atoms with Crippen LogP contribution in [0, 0.1) is 19.7 Å². The molecule has 0 saturated carbocycles. The van der Waals surface area contributed by atoms with Gasteiger partial charge in [0.2, 0.25) is 0 Å². The SMILES string of the molecule is COc1cc(C=NNC(=O)c2cc(C)n(-c3ccc(F)cc3)c2C)cc(OC)c1. The number of carbonyl (C=O) groups excluding carboxylic acids is 1. The number of aromatic nitrogens is 1. The number of nitrogens with one attached hydrogen (secondary N) is 1. The average molecular weight is 395 g/mol. The second-order valence-corrected chi connectivity index (χ2v) is 6.44. The number of hydrogen-bond acceptors (Lipinski definition) is 4. The molecule has 29 heavy (non-hydrogen) atoms. The Labute approximate surface area is 168 Å². The van der Waals surface area contributed by atoms with E-state index in [4.69, 9.17) is 9.47 Å². The van der Waals surface area contributed by atoms with Crippen molar-refractivity contribution in [1.82, 2.24) is 9.99 Å². The van der Waals surface area contributed by atoms with Gasteiger partial charge < -0.3 is 14.0 Å². The summed E-state index contributed by atoms with van der Waals surface area (Å²) in [7, 11) is 3.13. The predicted molar refractivity (Wildman–Crippen MR) is 110 cm³/mol. The highest BCUT2D eigenvalue weighted by Gasteiger charge is 2.16. The van der Waals surface area contributed by atoms with E-state index in [0.717, 1.165) is 22.6 Å². The number of benzene rings is 2. The minimum absolute atomic E-state index is 0.308. The number of carbonyl (C=O) groups is 1. The minimum atomic E-state index is -0.336. The van der Waals surface area contributed by atoms with Gasteiger partial charge in [-0.25, -0.2) is 9.82 Å². The van der Waals surface area contributed by atoms with Gasteiger partial charge in [-0.1, -0.05) is 0 Å². The van der Waals surface area contributed by atoms with Gasteiger partial charge in [0.1, 0.15) is 17.3 Å². The molecule has 2 aromatic carbocycles. The third-order valence-electron chi connectivity index (χ3n) is 4.51. The lowest BCUT2D eigenvalue weighted by atomic mass is 10.2. The summed E-state index contributed by atoms with van der Waals surface area (Å²) in [6, 6.07) is 13.2. The van der Waals surface area contributed by atoms with Crippen LogP contribution in [-0.4, -0.2) is 30.9 Å². The van der Waals surface area contributed by atoms with Crippen LogP contribution in [0.4, 0.5) is 4.39 Å². The second kappa shape index (κ2) is 8.60. The molecule has 3 aromatic rings. The fraction of sp³-hybridized carbons (Fsp3) is 0.182. The second-order valence-electron chi connectivity index (χ2n) is 6.44. The molecule has 6 nitrogen and oxygen atoms in total. The van der Waals surface area contributed by atoms with E-state index in [-0.39, 0.29) is 11.7 Å². The quantitative estimate of drug-likeness (QED) is 0.507. The van der Waals surface area contributed by atoms with Gasteiger partial charge in [0.15, 0.2) is 0 Å². The Kier molecular flexibility index (Phi) is 5.97. The van der Waals surface area contributed by atoms with E-state index < -0.39 is 0 Å². The van der Waals surface area contributed by atoms with Crippen molar-refractivity contribution >= 4 is 12.1 Å². The summed E-state index contributed by atoms with van der Waals surface area (Å²) in [4.78, 5) is 12.6. The van der Waals surface area contributed by atoms with Crippen LogP contribution >= 0.6 is 0 Å². The summed E-state index contributed by atoms with van der Waals surface area (Å²) in [5.74, 6) is 0.607. The molecular weight excluding hydrogens is 373 g/mol. The predicted octanol–water partition coefficient (Wildman–Crippen LogP) is 4.01. The van der Waals surface area contributed by atoms with Gasteiger partial charge >= 0.3 is 0 Å². The molecule has 0 aliphatic rings. The van der Waals surface area contributed by atoms with Crippen molar-refractivity contribution in [3.63, 3.8) is 0 Å². The van der Waals surface area contributed by atoms with E-state index in [1.54, 1.807) is 50.6 Å². The van der Waals surface area contributed by atoms with Gasteiger partial charge in [-0.05, 0) is 56.3 Å². The van der Waals surface area contributed by atoms with Crippen molar-refractivity contribution < 1.29 is 18.7 Å². The molecule has 1 N–H and O–H groups in total. The summed E-state index contributed by atoms with van der Waals surface area (Å²) in [6.45, 7) is 3.72. The fourth-order valence-corrected chi connectivity index (χ4v) is 3.11. The molecule has 7 heteroatoms. The number of nitrogens with zero attached hydrogens (tertiary/aromatic N) is 2. The Morgan fingerprint density at radius 3 is 2.24 bits per heavy atom. The van der Waals surface area contributed by atoms with Crippen LogP contribution in [0.25, 0.3) is 5.69 Å². The number of hydrogen-bond donors (Lipinski definition) is 1. The van der Waals surface area contributed by atoms with Crippen LogP contribution in [0.2, 0.25) is 0 Å². The first kappa shape index (κ1) is 20.1. The maximum Gasteiger partial charge on any atom is 0.273 e. The van der Waals surface area contributed by atoms with E-state index in [2.05, 4.69) is 10.5 Å². The Balaban J connectivity index is 1.79. The zero-order valence-electron chi connectivity index (χ0n) is 16.7. The Morgan fingerprint density at radius 1 is 1.03 bits per heavy atom. The van der Waals surface area contributed by atoms with Gasteiger partial charge in [0, 0.05) is 28.7 Å². The van der Waals surface area contributed by atoms with E-state index in [1.807, 2.05) is 18.4 Å². The van der Waals surface area contributed by atoms with Crippen molar-refractivity contribution in [1.29, 1.82) is 0 Å². The molecule has 3 rings (SSSR count). The maximum atomic E-state index is 13.2. The first-order valence-corrected chi connectivity index (χ1v) is 8.94. The standard InChI is InChI=1S/C22H22FN3O3/c1-14-9-21(15(2)26(14)18-7-5-17(23)6-8-18)22(27)25-24-13-16-10-19(28-3)12-20(11-16)29-4/h5-13H,1-4H3,(H,25,27). The minimum Gasteiger partial charge on any atom is -0.497 e. The largest absolute Gasteiger partial charge is 0.497 e. The van der Waals surface area contributed by atoms with Crippen molar-refractivity contribution in [2.24, 2.45) is 5.10 Å². The van der Waals surface area contributed by atoms with E-state index in [0.29, 0.717) is 17.1 Å². The number of aryl methyl sites for hydroxylation is 1. The molecule has 0 unspecified atom stereocenters. The van der Waals surface area contributed by atoms with Gasteiger partial charge in [-0.2, -0.15) is 5.10 Å². The van der Waals surface area contributed by atoms with Crippen molar-refractivity contribution in [2.45, 2.75) is 13.8 Å². The number of hydrazone groups is 1. The highest BCUT2D eigenvalue weighted by Crippen LogP contribution is 2.22. The Morgan fingerprint density at radius 2 is 1.66 bits per heavy atom. The first-order valence-electron chi connectivity index (χ1n) is 8.94. The van der Waals surface area contributed by atoms with Crippen LogP contribution in [-0.2, 0) is 0 Å². The Hall–Kier alpha value is -3.61. The van der Waals surface area contributed by atoms with Crippen molar-refractivity contribution in [3.05, 3.63) is 76.9 Å². The van der Waals surface area contributed by atoms with E-state index >= 15 is 0 Å². The molecule has 1 amide bonds. The number of rotatable bonds is 6. The van der Waals surface area contributed by atoms with Gasteiger partial charge in [-0.15, -0.1) is 0 Å². The summed E-state index contributed by atoms with van der Waals surface area (Å²) in [5, 5.41) is 4.04. The highest BCUT2D eigenvalue weighted by molar-refractivity contribution is 5.96. The number of amides is 1. The molecule has 0 saturated heterocycles. The third kappa shape index (κ3) is 4.45. The zero-order chi connectivity index (χ0) is 21.0. The van der Waals surface area contributed by atoms with Crippen LogP contribution < -0.4 is 14.9 Å². The molecular formula is C22H22FN3O3. The third-order valence-corrected chi connectivity index (χ3v) is 4.51. The van der Waals surface area contributed by atoms with E-state index in [9.17, 15) is 9.18 Å². The molecule has 0 radical (unpaired) electrons. The average Bonchev–Trinajstić information content (AvgIpc) is 3.02. The van der Waals surface area contributed by atoms with Crippen LogP contribution in [0.5, 0.6) is 11.5 Å². The number of ether oxygens (including phenoxy) is 2. The lowest BCUT2D eigenvalue weighted by Crippen LogP contribution is -2.18. The van der Waals surface area contributed by atoms with Gasteiger partial charge in [0.05, 0.1) is 26.0 Å². The van der Waals surface area contributed by atoms with Crippen molar-refractivity contribution in [2.75, 3.05) is 14.2 Å².